The van der Waals surface area contributed by atoms with Crippen LogP contribution in [0.15, 0.2) is 34.1 Å². The molecule has 0 heterocycles. The average molecular weight is 261 g/mol. The Morgan fingerprint density at radius 1 is 1.38 bits per heavy atom. The van der Waals surface area contributed by atoms with E-state index in [2.05, 4.69) is 4.72 Å². The molecule has 1 aromatic rings. The van der Waals surface area contributed by atoms with E-state index >= 15 is 0 Å². The number of hydrogen-bond donors (Lipinski definition) is 2. The number of benzene rings is 1. The lowest BCUT2D eigenvalue weighted by molar-refractivity contribution is 0.564. The van der Waals surface area contributed by atoms with Crippen molar-refractivity contribution in [2.75, 3.05) is 0 Å². The van der Waals surface area contributed by atoms with Gasteiger partial charge in [0, 0.05) is 6.04 Å². The second-order valence-corrected chi connectivity index (χ2v) is 6.30. The predicted octanol–water partition coefficient (Wildman–Crippen LogP) is 0.708. The molecule has 1 aliphatic carbocycles. The first-order chi connectivity index (χ1) is 7.49. The molecule has 0 amide bonds. The lowest BCUT2D eigenvalue weighted by Crippen LogP contribution is -2.25. The molecule has 0 aromatic heterocycles. The third-order valence-electron chi connectivity index (χ3n) is 2.22. The highest BCUT2D eigenvalue weighted by Gasteiger charge is 2.28. The Morgan fingerprint density at radius 2 is 2.06 bits per heavy atom. The van der Waals surface area contributed by atoms with Gasteiger partial charge in [0.05, 0.1) is 9.79 Å². The highest BCUT2D eigenvalue weighted by Crippen LogP contribution is 2.22. The van der Waals surface area contributed by atoms with Crippen molar-refractivity contribution in [3.63, 3.8) is 0 Å². The van der Waals surface area contributed by atoms with Gasteiger partial charge in [0.2, 0.25) is 10.0 Å². The van der Waals surface area contributed by atoms with Crippen molar-refractivity contribution in [3.8, 4) is 0 Å². The van der Waals surface area contributed by atoms with E-state index in [-0.39, 0.29) is 15.8 Å². The average Bonchev–Trinajstić information content (AvgIpc) is 3.01. The van der Waals surface area contributed by atoms with Crippen molar-refractivity contribution < 1.29 is 17.2 Å². The Bertz CT molecular complexity index is 522. The summed E-state index contributed by atoms with van der Waals surface area (Å²) in [5.41, 5.74) is 0. The molecular weight excluding hydrogens is 250 g/mol. The molecule has 0 saturated heterocycles. The number of nitrogens with one attached hydrogen (secondary N) is 1. The Balaban J connectivity index is 2.31. The van der Waals surface area contributed by atoms with Crippen LogP contribution in [0.4, 0.5) is 0 Å². The minimum Gasteiger partial charge on any atom is -0.302 e. The molecule has 1 saturated carbocycles. The molecule has 1 unspecified atom stereocenters. The zero-order valence-corrected chi connectivity index (χ0v) is 9.92. The monoisotopic (exact) mass is 261 g/mol. The quantitative estimate of drug-likeness (QED) is 0.782. The summed E-state index contributed by atoms with van der Waals surface area (Å²) in [5.74, 6) is 0. The predicted molar refractivity (Wildman–Crippen MR) is 58.8 cm³/mol. The van der Waals surface area contributed by atoms with E-state index in [4.69, 9.17) is 4.55 Å². The first kappa shape index (κ1) is 11.7. The van der Waals surface area contributed by atoms with Gasteiger partial charge in [-0.15, -0.1) is 0 Å². The van der Waals surface area contributed by atoms with Crippen LogP contribution in [0, 0.1) is 0 Å². The molecule has 2 rings (SSSR count). The molecule has 5 nitrogen and oxygen atoms in total. The molecular formula is C9H11NO4S2. The van der Waals surface area contributed by atoms with Crippen LogP contribution in [0.3, 0.4) is 0 Å². The van der Waals surface area contributed by atoms with Gasteiger partial charge in [0.15, 0.2) is 11.1 Å². The van der Waals surface area contributed by atoms with Crippen molar-refractivity contribution in [1.29, 1.82) is 0 Å². The summed E-state index contributed by atoms with van der Waals surface area (Å²) in [6.07, 6.45) is 1.70. The molecule has 1 fully saturated rings. The molecule has 88 valence electrons. The minimum atomic E-state index is -3.55. The van der Waals surface area contributed by atoms with Gasteiger partial charge in [0.1, 0.15) is 0 Å². The van der Waals surface area contributed by atoms with E-state index in [1.54, 1.807) is 0 Å². The molecule has 1 aromatic carbocycles. The minimum absolute atomic E-state index is 0.0216. The Labute approximate surface area is 96.2 Å². The van der Waals surface area contributed by atoms with E-state index in [0.717, 1.165) is 12.8 Å². The van der Waals surface area contributed by atoms with Crippen LogP contribution in [-0.4, -0.2) is 23.2 Å². The second-order valence-electron chi connectivity index (χ2n) is 3.62. The summed E-state index contributed by atoms with van der Waals surface area (Å²) < 4.78 is 45.7. The standard InChI is InChI=1S/C9H11NO4S2/c11-15(12)8-2-1-3-9(6-8)16(13,14)10-7-4-5-7/h1-3,6-7,10H,4-5H2,(H,11,12). The van der Waals surface area contributed by atoms with Crippen molar-refractivity contribution in [1.82, 2.24) is 4.72 Å². The highest BCUT2D eigenvalue weighted by atomic mass is 32.2. The van der Waals surface area contributed by atoms with Crippen molar-refractivity contribution in [2.45, 2.75) is 28.7 Å². The van der Waals surface area contributed by atoms with Crippen LogP contribution in [-0.2, 0) is 21.1 Å². The lowest BCUT2D eigenvalue weighted by Gasteiger charge is -2.05. The summed E-state index contributed by atoms with van der Waals surface area (Å²) in [5, 5.41) is 0. The molecule has 2 N–H and O–H groups in total. The number of rotatable bonds is 4. The first-order valence-corrected chi connectivity index (χ1v) is 7.31. The molecule has 1 aliphatic rings. The normalized spacial score (nSPS) is 18.3. The summed E-state index contributed by atoms with van der Waals surface area (Å²) in [7, 11) is -3.55. The van der Waals surface area contributed by atoms with Crippen LogP contribution in [0.5, 0.6) is 0 Å². The van der Waals surface area contributed by atoms with Gasteiger partial charge < -0.3 is 4.55 Å². The van der Waals surface area contributed by atoms with Gasteiger partial charge in [-0.25, -0.2) is 17.3 Å². The fourth-order valence-corrected chi connectivity index (χ4v) is 3.09. The topological polar surface area (TPSA) is 83.5 Å². The third-order valence-corrected chi connectivity index (χ3v) is 4.39. The highest BCUT2D eigenvalue weighted by molar-refractivity contribution is 7.89. The Hall–Kier alpha value is -0.760. The van der Waals surface area contributed by atoms with Crippen molar-refractivity contribution in [3.05, 3.63) is 24.3 Å². The maximum Gasteiger partial charge on any atom is 0.240 e. The van der Waals surface area contributed by atoms with E-state index in [1.165, 1.54) is 24.3 Å². The van der Waals surface area contributed by atoms with Crippen molar-refractivity contribution >= 4 is 21.1 Å². The number of sulfonamides is 1. The Morgan fingerprint density at radius 3 is 2.62 bits per heavy atom. The van der Waals surface area contributed by atoms with Gasteiger partial charge in [0.25, 0.3) is 0 Å². The summed E-state index contributed by atoms with van der Waals surface area (Å²) in [6.45, 7) is 0. The summed E-state index contributed by atoms with van der Waals surface area (Å²) in [6, 6.07) is 5.49. The van der Waals surface area contributed by atoms with Crippen LogP contribution in [0.25, 0.3) is 0 Å². The molecule has 7 heteroatoms. The second kappa shape index (κ2) is 4.25. The third kappa shape index (κ3) is 2.67. The van der Waals surface area contributed by atoms with Crippen LogP contribution in [0.1, 0.15) is 12.8 Å². The number of hydrogen-bond acceptors (Lipinski definition) is 3. The van der Waals surface area contributed by atoms with Crippen LogP contribution >= 0.6 is 0 Å². The van der Waals surface area contributed by atoms with Gasteiger partial charge in [-0.2, -0.15) is 0 Å². The fourth-order valence-electron chi connectivity index (χ4n) is 1.24. The molecule has 0 spiro atoms. The van der Waals surface area contributed by atoms with Gasteiger partial charge >= 0.3 is 0 Å². The summed E-state index contributed by atoms with van der Waals surface area (Å²) >= 11 is -2.16. The molecule has 0 radical (unpaired) electrons. The van der Waals surface area contributed by atoms with E-state index < -0.39 is 21.1 Å². The maximum atomic E-state index is 11.8. The van der Waals surface area contributed by atoms with Gasteiger partial charge in [-0.3, -0.25) is 0 Å². The largest absolute Gasteiger partial charge is 0.302 e. The maximum absolute atomic E-state index is 11.8. The SMILES string of the molecule is O=S(O)c1cccc(S(=O)(=O)NC2CC2)c1. The smallest absolute Gasteiger partial charge is 0.240 e. The fraction of sp³-hybridized carbons (Fsp3) is 0.333. The molecule has 0 bridgehead atoms. The van der Waals surface area contributed by atoms with Gasteiger partial charge in [-0.05, 0) is 31.0 Å². The van der Waals surface area contributed by atoms with Crippen LogP contribution in [0.2, 0.25) is 0 Å². The molecule has 0 aliphatic heterocycles. The zero-order chi connectivity index (χ0) is 11.8. The van der Waals surface area contributed by atoms with E-state index in [0.29, 0.717) is 0 Å². The zero-order valence-electron chi connectivity index (χ0n) is 8.29. The van der Waals surface area contributed by atoms with E-state index in [1.807, 2.05) is 0 Å². The van der Waals surface area contributed by atoms with Crippen LogP contribution < -0.4 is 4.72 Å². The summed E-state index contributed by atoms with van der Waals surface area (Å²) in [4.78, 5) is 0.109. The molecule has 16 heavy (non-hydrogen) atoms. The lowest BCUT2D eigenvalue weighted by atomic mass is 10.4. The first-order valence-electron chi connectivity index (χ1n) is 4.72. The molecule has 1 atom stereocenters. The van der Waals surface area contributed by atoms with Crippen molar-refractivity contribution in [2.24, 2.45) is 0 Å². The Kier molecular flexibility index (Phi) is 3.11. The van der Waals surface area contributed by atoms with Gasteiger partial charge in [-0.1, -0.05) is 6.07 Å². The van der Waals surface area contributed by atoms with E-state index in [9.17, 15) is 12.6 Å².